The Kier molecular flexibility index (Phi) is 5.48. The van der Waals surface area contributed by atoms with Crippen LogP contribution >= 0.6 is 0 Å². The van der Waals surface area contributed by atoms with Gasteiger partial charge in [0, 0.05) is 42.6 Å². The van der Waals surface area contributed by atoms with Crippen LogP contribution in [-0.2, 0) is 5.92 Å². The summed E-state index contributed by atoms with van der Waals surface area (Å²) in [6.45, 7) is 2.40. The van der Waals surface area contributed by atoms with E-state index < -0.39 is 30.2 Å². The van der Waals surface area contributed by atoms with Crippen molar-refractivity contribution in [1.29, 1.82) is 5.41 Å². The van der Waals surface area contributed by atoms with Crippen LogP contribution in [0.4, 0.5) is 29.1 Å². The summed E-state index contributed by atoms with van der Waals surface area (Å²) < 4.78 is 58.3. The first kappa shape index (κ1) is 20.0. The Balaban J connectivity index is 1.87. The second kappa shape index (κ2) is 7.69. The summed E-state index contributed by atoms with van der Waals surface area (Å²) in [6, 6.07) is 2.97. The Morgan fingerprint density at radius 1 is 1.29 bits per heavy atom. The molecule has 0 spiro atoms. The fourth-order valence-electron chi connectivity index (χ4n) is 2.76. The molecule has 0 amide bonds. The lowest BCUT2D eigenvalue weighted by atomic mass is 9.83. The zero-order chi connectivity index (χ0) is 20.5. The predicted molar refractivity (Wildman–Crippen MR) is 94.9 cm³/mol. The minimum atomic E-state index is -3.32. The van der Waals surface area contributed by atoms with Crippen LogP contribution in [0.15, 0.2) is 18.3 Å². The number of rotatable bonds is 7. The highest BCUT2D eigenvalue weighted by molar-refractivity contribution is 5.86. The van der Waals surface area contributed by atoms with E-state index in [1.54, 1.807) is 13.0 Å². The Labute approximate surface area is 158 Å². The molecule has 0 atom stereocenters. The number of ether oxygens (including phenoxy) is 1. The van der Waals surface area contributed by atoms with E-state index in [-0.39, 0.29) is 24.5 Å². The van der Waals surface area contributed by atoms with Gasteiger partial charge in [0.1, 0.15) is 11.9 Å². The summed E-state index contributed by atoms with van der Waals surface area (Å²) in [4.78, 5) is 11.6. The largest absolute Gasteiger partial charge is 0.474 e. The number of anilines is 2. The van der Waals surface area contributed by atoms with E-state index in [4.69, 9.17) is 10.1 Å². The second-order valence-electron chi connectivity index (χ2n) is 6.79. The van der Waals surface area contributed by atoms with E-state index in [0.29, 0.717) is 23.9 Å². The highest BCUT2D eigenvalue weighted by Crippen LogP contribution is 2.36. The lowest BCUT2D eigenvalue weighted by molar-refractivity contribution is -0.0355. The summed E-state index contributed by atoms with van der Waals surface area (Å²) in [5, 5.41) is 10.3. The number of aromatic nitrogens is 3. The van der Waals surface area contributed by atoms with Gasteiger partial charge in [-0.3, -0.25) is 4.98 Å². The van der Waals surface area contributed by atoms with Gasteiger partial charge in [-0.1, -0.05) is 0 Å². The van der Waals surface area contributed by atoms with Crippen molar-refractivity contribution in [2.75, 3.05) is 5.32 Å². The Morgan fingerprint density at radius 2 is 2.00 bits per heavy atom. The van der Waals surface area contributed by atoms with Crippen LogP contribution < -0.4 is 10.1 Å². The van der Waals surface area contributed by atoms with Gasteiger partial charge in [-0.05, 0) is 25.8 Å². The number of halogens is 4. The van der Waals surface area contributed by atoms with E-state index in [1.807, 2.05) is 0 Å². The molecule has 1 saturated carbocycles. The van der Waals surface area contributed by atoms with Crippen molar-refractivity contribution < 1.29 is 22.3 Å². The highest BCUT2D eigenvalue weighted by Gasteiger charge is 2.38. The SMILES string of the molecule is Cc1cc(Nc2cc(OC3CC(C(F)F)C3)nc(C(C)(F)F)n2)c(C=N)cn1. The molecule has 0 saturated heterocycles. The molecule has 2 aromatic heterocycles. The Hall–Kier alpha value is -2.78. The van der Waals surface area contributed by atoms with Crippen LogP contribution in [0, 0.1) is 18.3 Å². The number of nitrogens with zero attached hydrogens (tertiary/aromatic N) is 3. The third-order valence-corrected chi connectivity index (χ3v) is 4.36. The van der Waals surface area contributed by atoms with E-state index in [9.17, 15) is 17.6 Å². The van der Waals surface area contributed by atoms with Gasteiger partial charge in [-0.25, -0.2) is 13.8 Å². The van der Waals surface area contributed by atoms with E-state index >= 15 is 0 Å². The zero-order valence-electron chi connectivity index (χ0n) is 15.2. The second-order valence-corrected chi connectivity index (χ2v) is 6.79. The predicted octanol–water partition coefficient (Wildman–Crippen LogP) is 4.46. The molecule has 0 radical (unpaired) electrons. The average molecular weight is 397 g/mol. The molecular weight excluding hydrogens is 378 g/mol. The number of alkyl halides is 4. The standard InChI is InChI=1S/C18H19F4N5O/c1-9-3-13(11(7-23)8-24-9)25-14-6-15(27-17(26-14)18(2,21)22)28-12-4-10(5-12)16(19)20/h3,6-8,10,12,16,23H,4-5H2,1-2H3,(H,24,25,26,27). The first-order chi connectivity index (χ1) is 13.2. The van der Waals surface area contributed by atoms with Crippen molar-refractivity contribution in [2.24, 2.45) is 5.92 Å². The molecule has 10 heteroatoms. The van der Waals surface area contributed by atoms with Gasteiger partial charge in [-0.15, -0.1) is 0 Å². The molecule has 0 aromatic carbocycles. The fourth-order valence-corrected chi connectivity index (χ4v) is 2.76. The summed E-state index contributed by atoms with van der Waals surface area (Å²) >= 11 is 0. The van der Waals surface area contributed by atoms with Gasteiger partial charge in [-0.2, -0.15) is 13.8 Å². The topological polar surface area (TPSA) is 83.8 Å². The minimum absolute atomic E-state index is 0.0416. The lowest BCUT2D eigenvalue weighted by Gasteiger charge is -2.34. The van der Waals surface area contributed by atoms with Gasteiger partial charge >= 0.3 is 5.92 Å². The summed E-state index contributed by atoms with van der Waals surface area (Å²) in [5.74, 6) is -4.89. The van der Waals surface area contributed by atoms with Crippen molar-refractivity contribution in [2.45, 2.75) is 45.1 Å². The molecule has 2 N–H and O–H groups in total. The molecule has 0 bridgehead atoms. The molecule has 2 aromatic rings. The maximum Gasteiger partial charge on any atom is 0.304 e. The maximum absolute atomic E-state index is 13.8. The number of aryl methyl sites for hydroxylation is 1. The van der Waals surface area contributed by atoms with Crippen molar-refractivity contribution in [3.8, 4) is 5.88 Å². The monoisotopic (exact) mass is 397 g/mol. The van der Waals surface area contributed by atoms with Crippen molar-refractivity contribution >= 4 is 17.7 Å². The van der Waals surface area contributed by atoms with Crippen LogP contribution in [0.2, 0.25) is 0 Å². The quantitative estimate of drug-likeness (QED) is 0.533. The molecule has 0 unspecified atom stereocenters. The minimum Gasteiger partial charge on any atom is -0.474 e. The molecule has 0 aliphatic heterocycles. The molecular formula is C18H19F4N5O. The molecule has 1 aliphatic rings. The first-order valence-corrected chi connectivity index (χ1v) is 8.62. The molecule has 6 nitrogen and oxygen atoms in total. The Bertz CT molecular complexity index is 866. The lowest BCUT2D eigenvalue weighted by Crippen LogP contribution is -2.37. The van der Waals surface area contributed by atoms with Crippen molar-refractivity contribution in [3.05, 3.63) is 35.4 Å². The summed E-state index contributed by atoms with van der Waals surface area (Å²) in [5.41, 5.74) is 1.56. The summed E-state index contributed by atoms with van der Waals surface area (Å²) in [6.07, 6.45) is -0.0973. The zero-order valence-corrected chi connectivity index (χ0v) is 15.2. The van der Waals surface area contributed by atoms with Crippen molar-refractivity contribution in [3.63, 3.8) is 0 Å². The van der Waals surface area contributed by atoms with Crippen LogP contribution in [0.1, 0.15) is 36.8 Å². The van der Waals surface area contributed by atoms with E-state index in [2.05, 4.69) is 20.3 Å². The van der Waals surface area contributed by atoms with E-state index in [1.165, 1.54) is 12.3 Å². The van der Waals surface area contributed by atoms with Gasteiger partial charge in [0.2, 0.25) is 18.1 Å². The van der Waals surface area contributed by atoms with Gasteiger partial charge in [0.25, 0.3) is 0 Å². The fraction of sp³-hybridized carbons (Fsp3) is 0.444. The van der Waals surface area contributed by atoms with Crippen LogP contribution in [0.5, 0.6) is 5.88 Å². The molecule has 150 valence electrons. The van der Waals surface area contributed by atoms with Crippen LogP contribution in [-0.4, -0.2) is 33.7 Å². The van der Waals surface area contributed by atoms with Crippen LogP contribution in [0.3, 0.4) is 0 Å². The number of nitrogens with one attached hydrogen (secondary N) is 2. The third-order valence-electron chi connectivity index (χ3n) is 4.36. The summed E-state index contributed by atoms with van der Waals surface area (Å²) in [7, 11) is 0. The Morgan fingerprint density at radius 3 is 2.61 bits per heavy atom. The number of hydrogen-bond donors (Lipinski definition) is 2. The van der Waals surface area contributed by atoms with Gasteiger partial charge in [0.05, 0.1) is 5.69 Å². The first-order valence-electron chi connectivity index (χ1n) is 8.62. The molecule has 1 fully saturated rings. The normalized spacial score (nSPS) is 19.2. The van der Waals surface area contributed by atoms with Crippen molar-refractivity contribution in [1.82, 2.24) is 15.0 Å². The smallest absolute Gasteiger partial charge is 0.304 e. The average Bonchev–Trinajstić information content (AvgIpc) is 2.56. The van der Waals surface area contributed by atoms with E-state index in [0.717, 1.165) is 6.21 Å². The number of hydrogen-bond acceptors (Lipinski definition) is 6. The van der Waals surface area contributed by atoms with Crippen LogP contribution in [0.25, 0.3) is 0 Å². The van der Waals surface area contributed by atoms with Gasteiger partial charge in [0.15, 0.2) is 0 Å². The molecule has 3 rings (SSSR count). The molecule has 1 aliphatic carbocycles. The van der Waals surface area contributed by atoms with Gasteiger partial charge < -0.3 is 15.5 Å². The third kappa shape index (κ3) is 4.55. The highest BCUT2D eigenvalue weighted by atomic mass is 19.3. The molecule has 28 heavy (non-hydrogen) atoms. The molecule has 2 heterocycles. The number of pyridine rings is 1. The maximum atomic E-state index is 13.8.